The first kappa shape index (κ1) is 19.3. The molecule has 2 saturated carbocycles. The Kier molecular flexibility index (Phi) is 3.66. The Hall–Kier alpha value is -1.69. The van der Waals surface area contributed by atoms with Gasteiger partial charge in [0.25, 0.3) is 0 Å². The largest absolute Gasteiger partial charge is 0.357 e. The van der Waals surface area contributed by atoms with Crippen molar-refractivity contribution < 1.29 is 14.3 Å². The van der Waals surface area contributed by atoms with Gasteiger partial charge >= 0.3 is 0 Å². The van der Waals surface area contributed by atoms with E-state index in [9.17, 15) is 9.59 Å². The Labute approximate surface area is 173 Å². The lowest BCUT2D eigenvalue weighted by molar-refractivity contribution is -0.140. The van der Waals surface area contributed by atoms with Crippen LogP contribution in [0.2, 0.25) is 0 Å². The summed E-state index contributed by atoms with van der Waals surface area (Å²) < 4.78 is 6.35. The molecule has 0 aromatic rings. The van der Waals surface area contributed by atoms with Gasteiger partial charge in [0, 0.05) is 17.2 Å². The first-order chi connectivity index (χ1) is 13.5. The highest BCUT2D eigenvalue weighted by Gasteiger charge is 2.71. The highest BCUT2D eigenvalue weighted by Crippen LogP contribution is 2.64. The van der Waals surface area contributed by atoms with Crippen LogP contribution in [0.25, 0.3) is 0 Å². The number of amides is 2. The summed E-state index contributed by atoms with van der Waals surface area (Å²) in [6.45, 7) is 13.4. The molecule has 3 aliphatic heterocycles. The number of fused-ring (bicyclic) bond motifs is 3. The average molecular weight is 400 g/mol. The topological polar surface area (TPSA) is 71.0 Å². The van der Waals surface area contributed by atoms with Crippen LogP contribution in [0.1, 0.15) is 60.8 Å². The highest BCUT2D eigenvalue weighted by molar-refractivity contribution is 5.97. The molecule has 1 spiro atoms. The predicted molar refractivity (Wildman–Crippen MR) is 110 cm³/mol. The number of likely N-dealkylation sites (tertiary alicyclic amines) is 1. The minimum Gasteiger partial charge on any atom is -0.357 e. The number of ether oxygens (including phenoxy) is 1. The SMILES string of the molecule is CC(C)N1CC23C=CC(C)(O2)C(C(=O)N/N=C2\C[C@H]4CC[C@]2(C)C4(C)C)C3C1=O. The van der Waals surface area contributed by atoms with Crippen LogP contribution in [0.5, 0.6) is 0 Å². The van der Waals surface area contributed by atoms with Gasteiger partial charge in [0.15, 0.2) is 0 Å². The zero-order valence-corrected chi connectivity index (χ0v) is 18.4. The Morgan fingerprint density at radius 2 is 2.00 bits per heavy atom. The quantitative estimate of drug-likeness (QED) is 0.586. The van der Waals surface area contributed by atoms with Crippen molar-refractivity contribution in [3.63, 3.8) is 0 Å². The first-order valence-corrected chi connectivity index (χ1v) is 11.0. The number of nitrogens with zero attached hydrogens (tertiary/aromatic N) is 2. The molecule has 5 aliphatic rings. The lowest BCUT2D eigenvalue weighted by Gasteiger charge is -2.34. The Morgan fingerprint density at radius 3 is 2.59 bits per heavy atom. The lowest BCUT2D eigenvalue weighted by Crippen LogP contribution is -2.47. The zero-order chi connectivity index (χ0) is 21.0. The summed E-state index contributed by atoms with van der Waals surface area (Å²) >= 11 is 0. The second kappa shape index (κ2) is 5.51. The van der Waals surface area contributed by atoms with Gasteiger partial charge in [-0.05, 0) is 51.4 Å². The van der Waals surface area contributed by atoms with Crippen molar-refractivity contribution in [2.45, 2.75) is 78.0 Å². The normalized spacial score (nSPS) is 47.7. The Morgan fingerprint density at radius 1 is 1.28 bits per heavy atom. The second-order valence-electron chi connectivity index (χ2n) is 11.1. The molecule has 158 valence electrons. The van der Waals surface area contributed by atoms with Gasteiger partial charge in [-0.2, -0.15) is 5.10 Å². The standard InChI is InChI=1S/C23H33N3O3/c1-13(2)26-12-23-10-9-22(6,29-23)16(17(23)19(26)28)18(27)25-24-15-11-14-7-8-21(15,5)20(14,3)4/h9-10,13-14,16-17H,7-8,11-12H2,1-6H3,(H,25,27)/b24-15+/t14-,16?,17?,21+,22?,23?/m1/s1. The van der Waals surface area contributed by atoms with Crippen molar-refractivity contribution in [2.24, 2.45) is 33.7 Å². The van der Waals surface area contributed by atoms with Crippen molar-refractivity contribution in [1.29, 1.82) is 0 Å². The van der Waals surface area contributed by atoms with Gasteiger partial charge in [0.2, 0.25) is 11.8 Å². The van der Waals surface area contributed by atoms with E-state index in [2.05, 4.69) is 31.3 Å². The van der Waals surface area contributed by atoms with E-state index in [-0.39, 0.29) is 28.7 Å². The van der Waals surface area contributed by atoms with E-state index in [0.717, 1.165) is 18.6 Å². The maximum Gasteiger partial charge on any atom is 0.247 e. The van der Waals surface area contributed by atoms with Crippen LogP contribution in [-0.2, 0) is 14.3 Å². The van der Waals surface area contributed by atoms with Gasteiger partial charge in [-0.15, -0.1) is 0 Å². The Balaban J connectivity index is 1.41. The van der Waals surface area contributed by atoms with Crippen molar-refractivity contribution >= 4 is 17.5 Å². The molecule has 3 heterocycles. The predicted octanol–water partition coefficient (Wildman–Crippen LogP) is 2.89. The molecule has 29 heavy (non-hydrogen) atoms. The number of hydrogen-bond acceptors (Lipinski definition) is 4. The van der Waals surface area contributed by atoms with Gasteiger partial charge < -0.3 is 9.64 Å². The molecule has 6 heteroatoms. The summed E-state index contributed by atoms with van der Waals surface area (Å²) in [5, 5.41) is 4.64. The maximum atomic E-state index is 13.3. The summed E-state index contributed by atoms with van der Waals surface area (Å²) in [5.41, 5.74) is 2.80. The van der Waals surface area contributed by atoms with Crippen LogP contribution in [0, 0.1) is 28.6 Å². The minimum absolute atomic E-state index is 0.0221. The molecule has 5 rings (SSSR count). The third-order valence-corrected chi connectivity index (χ3v) is 9.27. The minimum atomic E-state index is -0.745. The molecule has 0 aromatic carbocycles. The molecule has 2 saturated heterocycles. The molecule has 2 aliphatic carbocycles. The summed E-state index contributed by atoms with van der Waals surface area (Å²) in [7, 11) is 0. The van der Waals surface area contributed by atoms with Crippen LogP contribution in [-0.4, -0.2) is 46.2 Å². The second-order valence-corrected chi connectivity index (χ2v) is 11.1. The molecule has 6 atom stereocenters. The fourth-order valence-corrected chi connectivity index (χ4v) is 6.93. The van der Waals surface area contributed by atoms with E-state index < -0.39 is 23.0 Å². The Bertz CT molecular complexity index is 861. The van der Waals surface area contributed by atoms with Crippen LogP contribution in [0.4, 0.5) is 0 Å². The summed E-state index contributed by atoms with van der Waals surface area (Å²) in [4.78, 5) is 28.3. The highest BCUT2D eigenvalue weighted by atomic mass is 16.5. The third-order valence-electron chi connectivity index (χ3n) is 9.27. The van der Waals surface area contributed by atoms with E-state index in [1.807, 2.05) is 37.8 Å². The van der Waals surface area contributed by atoms with Gasteiger partial charge in [-0.25, -0.2) is 5.43 Å². The van der Waals surface area contributed by atoms with Gasteiger partial charge in [-0.1, -0.05) is 32.9 Å². The van der Waals surface area contributed by atoms with Gasteiger partial charge in [-0.3, -0.25) is 9.59 Å². The monoisotopic (exact) mass is 399 g/mol. The fourth-order valence-electron chi connectivity index (χ4n) is 6.93. The van der Waals surface area contributed by atoms with E-state index in [4.69, 9.17) is 4.74 Å². The fraction of sp³-hybridized carbons (Fsp3) is 0.783. The molecular weight excluding hydrogens is 366 g/mol. The number of carbonyl (C=O) groups excluding carboxylic acids is 2. The zero-order valence-electron chi connectivity index (χ0n) is 18.4. The molecule has 6 nitrogen and oxygen atoms in total. The molecule has 4 fully saturated rings. The number of rotatable bonds is 3. The smallest absolute Gasteiger partial charge is 0.247 e. The maximum absolute atomic E-state index is 13.3. The number of hydrazone groups is 1. The summed E-state index contributed by atoms with van der Waals surface area (Å²) in [6.07, 6.45) is 7.29. The molecule has 1 N–H and O–H groups in total. The molecular formula is C23H33N3O3. The molecule has 0 radical (unpaired) electrons. The van der Waals surface area contributed by atoms with E-state index in [1.165, 1.54) is 6.42 Å². The van der Waals surface area contributed by atoms with Crippen molar-refractivity contribution in [1.82, 2.24) is 10.3 Å². The van der Waals surface area contributed by atoms with Crippen molar-refractivity contribution in [3.05, 3.63) is 12.2 Å². The molecule has 0 aromatic heterocycles. The number of carbonyl (C=O) groups is 2. The summed E-state index contributed by atoms with van der Waals surface area (Å²) in [5.74, 6) is -0.554. The van der Waals surface area contributed by atoms with Crippen LogP contribution < -0.4 is 5.43 Å². The first-order valence-electron chi connectivity index (χ1n) is 11.0. The van der Waals surface area contributed by atoms with Crippen molar-refractivity contribution in [2.75, 3.05) is 6.54 Å². The lowest BCUT2D eigenvalue weighted by atomic mass is 9.70. The van der Waals surface area contributed by atoms with Crippen LogP contribution in [0.15, 0.2) is 17.3 Å². The molecule has 2 amide bonds. The summed E-state index contributed by atoms with van der Waals surface area (Å²) in [6, 6.07) is 0.0894. The molecule has 4 unspecified atom stereocenters. The van der Waals surface area contributed by atoms with Gasteiger partial charge in [0.05, 0.1) is 24.0 Å². The van der Waals surface area contributed by atoms with Crippen LogP contribution >= 0.6 is 0 Å². The van der Waals surface area contributed by atoms with E-state index in [1.54, 1.807) is 0 Å². The van der Waals surface area contributed by atoms with Gasteiger partial charge in [0.1, 0.15) is 5.60 Å². The third kappa shape index (κ3) is 2.19. The van der Waals surface area contributed by atoms with Crippen LogP contribution in [0.3, 0.4) is 0 Å². The van der Waals surface area contributed by atoms with E-state index >= 15 is 0 Å². The number of nitrogens with one attached hydrogen (secondary N) is 1. The van der Waals surface area contributed by atoms with Crippen molar-refractivity contribution in [3.8, 4) is 0 Å². The number of hydrogen-bond donors (Lipinski definition) is 1. The van der Waals surface area contributed by atoms with E-state index in [0.29, 0.717) is 12.5 Å². The molecule has 4 bridgehead atoms. The average Bonchev–Trinajstić information content (AvgIpc) is 3.32.